The molecule has 0 aromatic carbocycles. The minimum Gasteiger partial charge on any atom is -0.370 e. The average molecular weight is 249 g/mol. The summed E-state index contributed by atoms with van der Waals surface area (Å²) in [7, 11) is 0. The standard InChI is InChI=1S/C14H23N3O/c1-3-5-6-10-15-13-9-8-12(11-16-13)17-14(18)7-4-2/h8-9,11H,3-7,10H2,1-2H3,(H,15,16)(H,17,18). The van der Waals surface area contributed by atoms with Crippen LogP contribution in [0.1, 0.15) is 46.0 Å². The summed E-state index contributed by atoms with van der Waals surface area (Å²) in [4.78, 5) is 15.7. The SMILES string of the molecule is CCCCCNc1ccc(NC(=O)CCC)cn1. The Morgan fingerprint density at radius 3 is 2.67 bits per heavy atom. The van der Waals surface area contributed by atoms with Crippen molar-refractivity contribution in [3.05, 3.63) is 18.3 Å². The maximum Gasteiger partial charge on any atom is 0.224 e. The summed E-state index contributed by atoms with van der Waals surface area (Å²) >= 11 is 0. The number of amides is 1. The van der Waals surface area contributed by atoms with Gasteiger partial charge in [0.2, 0.25) is 5.91 Å². The Morgan fingerprint density at radius 1 is 1.22 bits per heavy atom. The van der Waals surface area contributed by atoms with Gasteiger partial charge < -0.3 is 10.6 Å². The highest BCUT2D eigenvalue weighted by Gasteiger charge is 2.01. The summed E-state index contributed by atoms with van der Waals surface area (Å²) < 4.78 is 0. The normalized spacial score (nSPS) is 10.1. The van der Waals surface area contributed by atoms with E-state index in [0.717, 1.165) is 30.9 Å². The largest absolute Gasteiger partial charge is 0.370 e. The van der Waals surface area contributed by atoms with Gasteiger partial charge in [-0.1, -0.05) is 26.7 Å². The molecule has 18 heavy (non-hydrogen) atoms. The van der Waals surface area contributed by atoms with E-state index in [1.54, 1.807) is 6.20 Å². The van der Waals surface area contributed by atoms with Crippen LogP contribution in [0.3, 0.4) is 0 Å². The first-order valence-electron chi connectivity index (χ1n) is 6.76. The fourth-order valence-electron chi connectivity index (χ4n) is 1.61. The van der Waals surface area contributed by atoms with Gasteiger partial charge >= 0.3 is 0 Å². The highest BCUT2D eigenvalue weighted by Crippen LogP contribution is 2.10. The predicted molar refractivity (Wildman–Crippen MR) is 75.8 cm³/mol. The molecule has 4 heteroatoms. The Bertz CT molecular complexity index is 349. The number of carbonyl (C=O) groups is 1. The van der Waals surface area contributed by atoms with Gasteiger partial charge in [0.1, 0.15) is 5.82 Å². The number of hydrogen-bond acceptors (Lipinski definition) is 3. The van der Waals surface area contributed by atoms with Crippen LogP contribution in [0, 0.1) is 0 Å². The topological polar surface area (TPSA) is 54.0 Å². The number of nitrogens with one attached hydrogen (secondary N) is 2. The van der Waals surface area contributed by atoms with Crippen molar-refractivity contribution in [1.82, 2.24) is 4.98 Å². The van der Waals surface area contributed by atoms with Crippen LogP contribution >= 0.6 is 0 Å². The van der Waals surface area contributed by atoms with Gasteiger partial charge in [0.25, 0.3) is 0 Å². The maximum absolute atomic E-state index is 11.4. The molecule has 0 saturated carbocycles. The van der Waals surface area contributed by atoms with Crippen LogP contribution in [0.25, 0.3) is 0 Å². The Balaban J connectivity index is 2.35. The molecule has 0 spiro atoms. The Hall–Kier alpha value is -1.58. The lowest BCUT2D eigenvalue weighted by Gasteiger charge is -2.07. The first-order valence-corrected chi connectivity index (χ1v) is 6.76. The van der Waals surface area contributed by atoms with Gasteiger partial charge in [-0.2, -0.15) is 0 Å². The number of carbonyl (C=O) groups excluding carboxylic acids is 1. The number of hydrogen-bond donors (Lipinski definition) is 2. The first-order chi connectivity index (χ1) is 8.76. The van der Waals surface area contributed by atoms with E-state index in [1.165, 1.54) is 12.8 Å². The van der Waals surface area contributed by atoms with Crippen LogP contribution in [-0.4, -0.2) is 17.4 Å². The molecule has 1 rings (SSSR count). The quantitative estimate of drug-likeness (QED) is 0.694. The van der Waals surface area contributed by atoms with Crippen LogP contribution in [0.2, 0.25) is 0 Å². The van der Waals surface area contributed by atoms with Crippen LogP contribution < -0.4 is 10.6 Å². The molecule has 0 radical (unpaired) electrons. The average Bonchev–Trinajstić information content (AvgIpc) is 2.37. The highest BCUT2D eigenvalue weighted by molar-refractivity contribution is 5.90. The zero-order valence-corrected chi connectivity index (χ0v) is 11.3. The zero-order chi connectivity index (χ0) is 13.2. The van der Waals surface area contributed by atoms with Crippen molar-refractivity contribution in [2.45, 2.75) is 46.0 Å². The lowest BCUT2D eigenvalue weighted by molar-refractivity contribution is -0.116. The number of pyridine rings is 1. The third kappa shape index (κ3) is 5.66. The fraction of sp³-hybridized carbons (Fsp3) is 0.571. The summed E-state index contributed by atoms with van der Waals surface area (Å²) in [5.41, 5.74) is 0.757. The second-order valence-electron chi connectivity index (χ2n) is 4.36. The van der Waals surface area contributed by atoms with Gasteiger partial charge in [0, 0.05) is 13.0 Å². The summed E-state index contributed by atoms with van der Waals surface area (Å²) in [5.74, 6) is 0.905. The molecule has 2 N–H and O–H groups in total. The Kier molecular flexibility index (Phi) is 6.84. The van der Waals surface area contributed by atoms with E-state index in [1.807, 2.05) is 19.1 Å². The highest BCUT2D eigenvalue weighted by atomic mass is 16.1. The molecule has 0 unspecified atom stereocenters. The molecule has 0 aliphatic rings. The third-order valence-corrected chi connectivity index (χ3v) is 2.61. The van der Waals surface area contributed by atoms with Crippen molar-refractivity contribution < 1.29 is 4.79 Å². The van der Waals surface area contributed by atoms with Gasteiger partial charge in [-0.05, 0) is 25.0 Å². The molecule has 100 valence electrons. The molecule has 1 aromatic heterocycles. The van der Waals surface area contributed by atoms with Crippen LogP contribution in [0.5, 0.6) is 0 Å². The lowest BCUT2D eigenvalue weighted by Crippen LogP contribution is -2.11. The third-order valence-electron chi connectivity index (χ3n) is 2.61. The first kappa shape index (κ1) is 14.5. The van der Waals surface area contributed by atoms with E-state index in [-0.39, 0.29) is 5.91 Å². The molecule has 0 bridgehead atoms. The molecule has 0 fully saturated rings. The number of anilines is 2. The van der Waals surface area contributed by atoms with E-state index < -0.39 is 0 Å². The van der Waals surface area contributed by atoms with Crippen LogP contribution in [-0.2, 0) is 4.79 Å². The zero-order valence-electron chi connectivity index (χ0n) is 11.3. The molecule has 0 aliphatic heterocycles. The van der Waals surface area contributed by atoms with Crippen LogP contribution in [0.4, 0.5) is 11.5 Å². The van der Waals surface area contributed by atoms with Crippen molar-refractivity contribution in [3.63, 3.8) is 0 Å². The van der Waals surface area contributed by atoms with Gasteiger partial charge in [-0.25, -0.2) is 4.98 Å². The Labute approximate surface area is 109 Å². The fourth-order valence-corrected chi connectivity index (χ4v) is 1.61. The molecular formula is C14H23N3O. The van der Waals surface area contributed by atoms with Crippen molar-refractivity contribution >= 4 is 17.4 Å². The van der Waals surface area contributed by atoms with E-state index in [4.69, 9.17) is 0 Å². The molecule has 1 aromatic rings. The second kappa shape index (κ2) is 8.50. The minimum atomic E-state index is 0.0444. The van der Waals surface area contributed by atoms with Gasteiger partial charge in [0.05, 0.1) is 11.9 Å². The lowest BCUT2D eigenvalue weighted by atomic mass is 10.2. The van der Waals surface area contributed by atoms with Crippen molar-refractivity contribution in [2.75, 3.05) is 17.2 Å². The van der Waals surface area contributed by atoms with E-state index in [2.05, 4.69) is 22.5 Å². The van der Waals surface area contributed by atoms with Crippen molar-refractivity contribution in [2.24, 2.45) is 0 Å². The number of unbranched alkanes of at least 4 members (excludes halogenated alkanes) is 2. The Morgan fingerprint density at radius 2 is 2.06 bits per heavy atom. The maximum atomic E-state index is 11.4. The van der Waals surface area contributed by atoms with Crippen LogP contribution in [0.15, 0.2) is 18.3 Å². The van der Waals surface area contributed by atoms with Gasteiger partial charge in [0.15, 0.2) is 0 Å². The van der Waals surface area contributed by atoms with Crippen molar-refractivity contribution in [3.8, 4) is 0 Å². The summed E-state index contributed by atoms with van der Waals surface area (Å²) in [5, 5.41) is 6.08. The second-order valence-corrected chi connectivity index (χ2v) is 4.36. The van der Waals surface area contributed by atoms with Gasteiger partial charge in [-0.3, -0.25) is 4.79 Å². The summed E-state index contributed by atoms with van der Waals surface area (Å²) in [6.07, 6.45) is 6.71. The summed E-state index contributed by atoms with van der Waals surface area (Å²) in [6, 6.07) is 3.77. The minimum absolute atomic E-state index is 0.0444. The number of rotatable bonds is 8. The predicted octanol–water partition coefficient (Wildman–Crippen LogP) is 3.42. The molecule has 1 amide bonds. The molecule has 0 saturated heterocycles. The number of nitrogens with zero attached hydrogens (tertiary/aromatic N) is 1. The summed E-state index contributed by atoms with van der Waals surface area (Å²) in [6.45, 7) is 5.12. The molecule has 0 aliphatic carbocycles. The molecule has 0 atom stereocenters. The monoisotopic (exact) mass is 249 g/mol. The molecule has 1 heterocycles. The number of aromatic nitrogens is 1. The van der Waals surface area contributed by atoms with Gasteiger partial charge in [-0.15, -0.1) is 0 Å². The van der Waals surface area contributed by atoms with E-state index >= 15 is 0 Å². The van der Waals surface area contributed by atoms with E-state index in [0.29, 0.717) is 6.42 Å². The van der Waals surface area contributed by atoms with Crippen molar-refractivity contribution in [1.29, 1.82) is 0 Å². The molecule has 4 nitrogen and oxygen atoms in total. The van der Waals surface area contributed by atoms with E-state index in [9.17, 15) is 4.79 Å². The molecular weight excluding hydrogens is 226 g/mol. The smallest absolute Gasteiger partial charge is 0.224 e.